The molecule has 6 heteroatoms. The number of nitrogens with one attached hydrogen (secondary N) is 1. The number of benzene rings is 2. The van der Waals surface area contributed by atoms with E-state index in [1.807, 2.05) is 32.0 Å². The number of amides is 2. The van der Waals surface area contributed by atoms with Crippen LogP contribution >= 0.6 is 0 Å². The van der Waals surface area contributed by atoms with Gasteiger partial charge in [0.15, 0.2) is 6.10 Å². The Morgan fingerprint density at radius 1 is 1.15 bits per heavy atom. The summed E-state index contributed by atoms with van der Waals surface area (Å²) in [7, 11) is 1.62. The second-order valence-electron chi connectivity index (χ2n) is 6.60. The molecule has 2 unspecified atom stereocenters. The van der Waals surface area contributed by atoms with Crippen molar-refractivity contribution < 1.29 is 18.7 Å². The van der Waals surface area contributed by atoms with Crippen LogP contribution in [0.15, 0.2) is 42.5 Å². The van der Waals surface area contributed by atoms with E-state index in [1.54, 1.807) is 19.2 Å². The fourth-order valence-electron chi connectivity index (χ4n) is 3.25. The monoisotopic (exact) mass is 356 g/mol. The maximum atomic E-state index is 13.3. The van der Waals surface area contributed by atoms with Gasteiger partial charge >= 0.3 is 0 Å². The average Bonchev–Trinajstić information content (AvgIpc) is 2.57. The van der Waals surface area contributed by atoms with Crippen molar-refractivity contribution in [2.75, 3.05) is 19.0 Å². The zero-order valence-electron chi connectivity index (χ0n) is 15.0. The minimum Gasteiger partial charge on any atom is -0.356 e. The van der Waals surface area contributed by atoms with Gasteiger partial charge in [0.05, 0.1) is 6.04 Å². The first kappa shape index (κ1) is 18.1. The molecule has 5 nitrogen and oxygen atoms in total. The molecule has 2 atom stereocenters. The predicted octanol–water partition coefficient (Wildman–Crippen LogP) is 2.98. The van der Waals surface area contributed by atoms with Gasteiger partial charge in [-0.2, -0.15) is 0 Å². The van der Waals surface area contributed by atoms with Gasteiger partial charge in [-0.3, -0.25) is 9.59 Å². The summed E-state index contributed by atoms with van der Waals surface area (Å²) in [4.78, 5) is 26.4. The fourth-order valence-corrected chi connectivity index (χ4v) is 3.25. The SMILES string of the molecule is Cc1cc(C)cc(NC(=O)C2OCC(=O)N(C)C2c2ccc(F)cc2)c1. The van der Waals surface area contributed by atoms with E-state index in [9.17, 15) is 14.0 Å². The maximum absolute atomic E-state index is 13.3. The summed E-state index contributed by atoms with van der Waals surface area (Å²) < 4.78 is 18.8. The summed E-state index contributed by atoms with van der Waals surface area (Å²) in [6, 6.07) is 10.9. The summed E-state index contributed by atoms with van der Waals surface area (Å²) in [5.74, 6) is -0.950. The Morgan fingerprint density at radius 2 is 1.77 bits per heavy atom. The van der Waals surface area contributed by atoms with E-state index < -0.39 is 12.1 Å². The van der Waals surface area contributed by atoms with Gasteiger partial charge in [0.25, 0.3) is 5.91 Å². The molecule has 2 amide bonds. The molecule has 1 aliphatic rings. The molecule has 2 aromatic carbocycles. The number of hydrogen-bond acceptors (Lipinski definition) is 3. The van der Waals surface area contributed by atoms with Gasteiger partial charge in [-0.15, -0.1) is 0 Å². The van der Waals surface area contributed by atoms with Crippen molar-refractivity contribution >= 4 is 17.5 Å². The second kappa shape index (κ2) is 7.25. The molecule has 26 heavy (non-hydrogen) atoms. The molecule has 0 saturated carbocycles. The molecule has 1 aliphatic heterocycles. The highest BCUT2D eigenvalue weighted by Gasteiger charge is 2.40. The van der Waals surface area contributed by atoms with Crippen LogP contribution < -0.4 is 5.32 Å². The van der Waals surface area contributed by atoms with E-state index in [4.69, 9.17) is 4.74 Å². The number of aryl methyl sites for hydroxylation is 2. The summed E-state index contributed by atoms with van der Waals surface area (Å²) in [5, 5.41) is 2.86. The first-order valence-corrected chi connectivity index (χ1v) is 8.37. The molecule has 0 bridgehead atoms. The van der Waals surface area contributed by atoms with Gasteiger partial charge < -0.3 is 15.0 Å². The Labute approximate surface area is 151 Å². The molecule has 3 rings (SSSR count). The van der Waals surface area contributed by atoms with Crippen LogP contribution in [-0.2, 0) is 14.3 Å². The molecule has 0 radical (unpaired) electrons. The van der Waals surface area contributed by atoms with E-state index in [0.717, 1.165) is 11.1 Å². The van der Waals surface area contributed by atoms with Crippen LogP contribution in [0.3, 0.4) is 0 Å². The third kappa shape index (κ3) is 3.75. The van der Waals surface area contributed by atoms with E-state index in [0.29, 0.717) is 11.3 Å². The lowest BCUT2D eigenvalue weighted by Crippen LogP contribution is -2.51. The lowest BCUT2D eigenvalue weighted by Gasteiger charge is -2.38. The predicted molar refractivity (Wildman–Crippen MR) is 96.2 cm³/mol. The van der Waals surface area contributed by atoms with Gasteiger partial charge in [0, 0.05) is 12.7 Å². The minimum atomic E-state index is -0.885. The van der Waals surface area contributed by atoms with Gasteiger partial charge in [0.1, 0.15) is 12.4 Å². The molecule has 1 saturated heterocycles. The van der Waals surface area contributed by atoms with Crippen LogP contribution in [0.25, 0.3) is 0 Å². The molecule has 0 aromatic heterocycles. The smallest absolute Gasteiger partial charge is 0.256 e. The van der Waals surface area contributed by atoms with Crippen molar-refractivity contribution in [3.63, 3.8) is 0 Å². The van der Waals surface area contributed by atoms with Gasteiger partial charge in [0.2, 0.25) is 5.91 Å². The number of carbonyl (C=O) groups excluding carboxylic acids is 2. The number of carbonyl (C=O) groups is 2. The number of ether oxygens (including phenoxy) is 1. The number of morpholine rings is 1. The molecule has 1 heterocycles. The number of likely N-dealkylation sites (N-methyl/N-ethyl adjacent to an activating group) is 1. The van der Waals surface area contributed by atoms with Gasteiger partial charge in [-0.25, -0.2) is 4.39 Å². The Bertz CT molecular complexity index is 815. The normalized spacial score (nSPS) is 20.2. The Morgan fingerprint density at radius 3 is 2.38 bits per heavy atom. The molecule has 0 aliphatic carbocycles. The first-order valence-electron chi connectivity index (χ1n) is 8.37. The summed E-state index contributed by atoms with van der Waals surface area (Å²) >= 11 is 0. The Hall–Kier alpha value is -2.73. The average molecular weight is 356 g/mol. The highest BCUT2D eigenvalue weighted by molar-refractivity contribution is 5.96. The second-order valence-corrected chi connectivity index (χ2v) is 6.60. The zero-order valence-corrected chi connectivity index (χ0v) is 15.0. The molecular weight excluding hydrogens is 335 g/mol. The largest absolute Gasteiger partial charge is 0.356 e. The Balaban J connectivity index is 1.88. The fraction of sp³-hybridized carbons (Fsp3) is 0.300. The minimum absolute atomic E-state index is 0.168. The highest BCUT2D eigenvalue weighted by Crippen LogP contribution is 2.30. The zero-order chi connectivity index (χ0) is 18.8. The maximum Gasteiger partial charge on any atom is 0.256 e. The van der Waals surface area contributed by atoms with Crippen LogP contribution in [0.1, 0.15) is 22.7 Å². The van der Waals surface area contributed by atoms with Gasteiger partial charge in [-0.05, 0) is 54.8 Å². The van der Waals surface area contributed by atoms with E-state index in [2.05, 4.69) is 5.32 Å². The van der Waals surface area contributed by atoms with Crippen LogP contribution in [0.4, 0.5) is 10.1 Å². The van der Waals surface area contributed by atoms with Gasteiger partial charge in [-0.1, -0.05) is 18.2 Å². The van der Waals surface area contributed by atoms with Crippen molar-refractivity contribution in [1.29, 1.82) is 0 Å². The topological polar surface area (TPSA) is 58.6 Å². The van der Waals surface area contributed by atoms with Crippen LogP contribution in [0.2, 0.25) is 0 Å². The molecule has 1 fully saturated rings. The van der Waals surface area contributed by atoms with E-state index in [-0.39, 0.29) is 24.2 Å². The van der Waals surface area contributed by atoms with Crippen molar-refractivity contribution in [3.8, 4) is 0 Å². The Kier molecular flexibility index (Phi) is 5.04. The number of rotatable bonds is 3. The quantitative estimate of drug-likeness (QED) is 0.920. The molecule has 0 spiro atoms. The third-order valence-corrected chi connectivity index (χ3v) is 4.44. The number of anilines is 1. The molecule has 2 aromatic rings. The summed E-state index contributed by atoms with van der Waals surface area (Å²) in [6.45, 7) is 3.74. The first-order chi connectivity index (χ1) is 12.3. The van der Waals surface area contributed by atoms with Crippen LogP contribution in [0, 0.1) is 19.7 Å². The lowest BCUT2D eigenvalue weighted by atomic mass is 9.97. The number of hydrogen-bond donors (Lipinski definition) is 1. The van der Waals surface area contributed by atoms with Crippen molar-refractivity contribution in [3.05, 3.63) is 65.0 Å². The summed E-state index contributed by atoms with van der Waals surface area (Å²) in [5.41, 5.74) is 3.38. The highest BCUT2D eigenvalue weighted by atomic mass is 19.1. The van der Waals surface area contributed by atoms with Crippen molar-refractivity contribution in [1.82, 2.24) is 4.90 Å². The van der Waals surface area contributed by atoms with Crippen molar-refractivity contribution in [2.45, 2.75) is 26.0 Å². The molecular formula is C20H21FN2O3. The standard InChI is InChI=1S/C20H21FN2O3/c1-12-8-13(2)10-16(9-12)22-20(25)19-18(23(3)17(24)11-26-19)14-4-6-15(21)7-5-14/h4-10,18-19H,11H2,1-3H3,(H,22,25). The van der Waals surface area contributed by atoms with E-state index in [1.165, 1.54) is 17.0 Å². The van der Waals surface area contributed by atoms with Crippen LogP contribution in [-0.4, -0.2) is 36.5 Å². The molecule has 136 valence electrons. The third-order valence-electron chi connectivity index (χ3n) is 4.44. The summed E-state index contributed by atoms with van der Waals surface area (Å²) in [6.07, 6.45) is -0.885. The molecule has 1 N–H and O–H groups in total. The van der Waals surface area contributed by atoms with E-state index >= 15 is 0 Å². The lowest BCUT2D eigenvalue weighted by molar-refractivity contribution is -0.160. The number of nitrogens with zero attached hydrogens (tertiary/aromatic N) is 1. The number of halogens is 1. The van der Waals surface area contributed by atoms with Crippen molar-refractivity contribution in [2.24, 2.45) is 0 Å². The van der Waals surface area contributed by atoms with Crippen LogP contribution in [0.5, 0.6) is 0 Å².